The maximum absolute atomic E-state index is 12.2. The molecule has 8 nitrogen and oxygen atoms in total. The van der Waals surface area contributed by atoms with Crippen molar-refractivity contribution in [2.45, 2.75) is 0 Å². The number of carbonyl (C=O) groups excluding carboxylic acids is 1. The molecule has 0 unspecified atom stereocenters. The lowest BCUT2D eigenvalue weighted by Gasteiger charge is -2.33. The van der Waals surface area contributed by atoms with E-state index in [1.807, 2.05) is 0 Å². The molecule has 1 saturated heterocycles. The quantitative estimate of drug-likeness (QED) is 0.704. The topological polar surface area (TPSA) is 99.4 Å². The molecule has 0 saturated carbocycles. The highest BCUT2D eigenvalue weighted by Crippen LogP contribution is 2.26. The number of halogens is 1. The van der Waals surface area contributed by atoms with E-state index >= 15 is 0 Å². The van der Waals surface area contributed by atoms with Gasteiger partial charge in [0.05, 0.1) is 10.6 Å². The number of aromatic nitrogens is 2. The third kappa shape index (κ3) is 3.92. The zero-order valence-electron chi connectivity index (χ0n) is 13.9. The average Bonchev–Trinajstić information content (AvgIpc) is 2.62. The molecule has 0 spiro atoms. The Balaban J connectivity index is 1.70. The number of hydrogen-bond donors (Lipinski definition) is 3. The fourth-order valence-corrected chi connectivity index (χ4v) is 2.81. The van der Waals surface area contributed by atoms with Crippen molar-refractivity contribution in [3.05, 3.63) is 41.2 Å². The third-order valence-corrected chi connectivity index (χ3v) is 4.41. The monoisotopic (exact) mass is 361 g/mol. The highest BCUT2D eigenvalue weighted by atomic mass is 35.5. The van der Waals surface area contributed by atoms with Gasteiger partial charge in [-0.1, -0.05) is 23.7 Å². The van der Waals surface area contributed by atoms with Crippen LogP contribution in [0.15, 0.2) is 30.6 Å². The van der Waals surface area contributed by atoms with Crippen LogP contribution in [-0.2, 0) is 0 Å². The normalized spacial score (nSPS) is 15.0. The molecule has 3 rings (SSSR count). The number of nitrogens with one attached hydrogen (secondary N) is 2. The molecular weight excluding hydrogens is 342 g/mol. The summed E-state index contributed by atoms with van der Waals surface area (Å²) in [6.07, 6.45) is 1.42. The Morgan fingerprint density at radius 1 is 1.20 bits per heavy atom. The van der Waals surface area contributed by atoms with Gasteiger partial charge in [0.1, 0.15) is 12.0 Å². The Morgan fingerprint density at radius 3 is 2.64 bits per heavy atom. The summed E-state index contributed by atoms with van der Waals surface area (Å²) in [4.78, 5) is 25.0. The number of anilines is 3. The van der Waals surface area contributed by atoms with Gasteiger partial charge in [0.25, 0.3) is 5.91 Å². The second-order valence-electron chi connectivity index (χ2n) is 5.81. The van der Waals surface area contributed by atoms with Crippen LogP contribution >= 0.6 is 11.6 Å². The number of nitrogens with zero attached hydrogens (tertiary/aromatic N) is 4. The summed E-state index contributed by atoms with van der Waals surface area (Å²) in [6.45, 7) is 3.55. The molecule has 1 aliphatic heterocycles. The Morgan fingerprint density at radius 2 is 1.92 bits per heavy atom. The van der Waals surface area contributed by atoms with Crippen molar-refractivity contribution in [2.75, 3.05) is 49.3 Å². The van der Waals surface area contributed by atoms with Crippen LogP contribution in [-0.4, -0.2) is 54.0 Å². The highest BCUT2D eigenvalue weighted by molar-refractivity contribution is 6.33. The number of nitrogens with two attached hydrogens (primary N) is 1. The number of hydrazine groups is 1. The van der Waals surface area contributed by atoms with Gasteiger partial charge in [-0.05, 0) is 19.2 Å². The van der Waals surface area contributed by atoms with E-state index in [0.717, 1.165) is 26.2 Å². The van der Waals surface area contributed by atoms with Crippen LogP contribution in [0.4, 0.5) is 17.3 Å². The Labute approximate surface area is 151 Å². The molecule has 1 aromatic heterocycles. The average molecular weight is 362 g/mol. The van der Waals surface area contributed by atoms with Crippen LogP contribution in [0.3, 0.4) is 0 Å². The van der Waals surface area contributed by atoms with E-state index < -0.39 is 0 Å². The molecule has 0 radical (unpaired) electrons. The number of carbonyl (C=O) groups is 1. The van der Waals surface area contributed by atoms with Gasteiger partial charge in [-0.3, -0.25) is 15.6 Å². The summed E-state index contributed by atoms with van der Waals surface area (Å²) in [5.74, 6) is 0.645. The highest BCUT2D eigenvalue weighted by Gasteiger charge is 2.19. The molecule has 1 fully saturated rings. The standard InChI is InChI=1S/C16H20ClN7O/c1-23-6-8-24(9-7-23)15-13(18)14(19-10-20-15)21-22-16(25)11-4-2-3-5-12(11)17/h2-5,10H,6-9,18H2,1H3,(H,22,25)(H,19,20,21). The summed E-state index contributed by atoms with van der Waals surface area (Å²) in [5.41, 5.74) is 12.3. The second kappa shape index (κ2) is 7.54. The number of piperazine rings is 1. The molecule has 132 valence electrons. The van der Waals surface area contributed by atoms with Gasteiger partial charge >= 0.3 is 0 Å². The maximum Gasteiger partial charge on any atom is 0.271 e. The first-order valence-electron chi connectivity index (χ1n) is 7.91. The van der Waals surface area contributed by atoms with Crippen molar-refractivity contribution in [3.8, 4) is 0 Å². The van der Waals surface area contributed by atoms with Crippen LogP contribution in [0.2, 0.25) is 5.02 Å². The number of nitrogen functional groups attached to an aromatic ring is 1. The molecule has 2 aromatic rings. The van der Waals surface area contributed by atoms with Crippen LogP contribution in [0.5, 0.6) is 0 Å². The van der Waals surface area contributed by atoms with Crippen molar-refractivity contribution in [2.24, 2.45) is 0 Å². The van der Waals surface area contributed by atoms with Gasteiger partial charge in [-0.2, -0.15) is 0 Å². The Bertz CT molecular complexity index is 762. The van der Waals surface area contributed by atoms with Crippen molar-refractivity contribution in [1.82, 2.24) is 20.3 Å². The Hall–Kier alpha value is -2.58. The molecule has 0 bridgehead atoms. The predicted molar refractivity (Wildman–Crippen MR) is 98.7 cm³/mol. The van der Waals surface area contributed by atoms with E-state index in [4.69, 9.17) is 17.3 Å². The molecule has 0 atom stereocenters. The Kier molecular flexibility index (Phi) is 5.20. The molecule has 0 aliphatic carbocycles. The van der Waals surface area contributed by atoms with Crippen LogP contribution in [0.1, 0.15) is 10.4 Å². The molecule has 2 heterocycles. The summed E-state index contributed by atoms with van der Waals surface area (Å²) in [5, 5.41) is 0.371. The number of benzene rings is 1. The van der Waals surface area contributed by atoms with Crippen molar-refractivity contribution < 1.29 is 4.79 Å². The number of hydrogen-bond acceptors (Lipinski definition) is 7. The van der Waals surface area contributed by atoms with E-state index in [-0.39, 0.29) is 5.91 Å². The summed E-state index contributed by atoms with van der Waals surface area (Å²) >= 11 is 6.02. The van der Waals surface area contributed by atoms with Gasteiger partial charge in [-0.25, -0.2) is 9.97 Å². The fraction of sp³-hybridized carbons (Fsp3) is 0.312. The van der Waals surface area contributed by atoms with E-state index in [2.05, 4.69) is 37.7 Å². The minimum absolute atomic E-state index is 0.351. The molecule has 4 N–H and O–H groups in total. The summed E-state index contributed by atoms with van der Waals surface area (Å²) < 4.78 is 0. The van der Waals surface area contributed by atoms with Gasteiger partial charge in [0.2, 0.25) is 0 Å². The van der Waals surface area contributed by atoms with Crippen LogP contribution in [0, 0.1) is 0 Å². The lowest BCUT2D eigenvalue weighted by molar-refractivity contribution is 0.0962. The lowest BCUT2D eigenvalue weighted by Crippen LogP contribution is -2.45. The van der Waals surface area contributed by atoms with E-state index in [1.54, 1.807) is 24.3 Å². The molecule has 25 heavy (non-hydrogen) atoms. The first kappa shape index (κ1) is 17.2. The minimum atomic E-state index is -0.371. The van der Waals surface area contributed by atoms with Gasteiger partial charge < -0.3 is 15.5 Å². The summed E-state index contributed by atoms with van der Waals surface area (Å²) in [7, 11) is 2.08. The van der Waals surface area contributed by atoms with E-state index in [9.17, 15) is 4.79 Å². The molecule has 1 aliphatic rings. The number of likely N-dealkylation sites (N-methyl/N-ethyl adjacent to an activating group) is 1. The summed E-state index contributed by atoms with van der Waals surface area (Å²) in [6, 6.07) is 6.79. The fourth-order valence-electron chi connectivity index (χ4n) is 2.58. The predicted octanol–water partition coefficient (Wildman–Crippen LogP) is 1.22. The third-order valence-electron chi connectivity index (χ3n) is 4.08. The zero-order valence-corrected chi connectivity index (χ0v) is 14.6. The largest absolute Gasteiger partial charge is 0.393 e. The number of amides is 1. The maximum atomic E-state index is 12.2. The SMILES string of the molecule is CN1CCN(c2ncnc(NNC(=O)c3ccccc3Cl)c2N)CC1. The zero-order chi connectivity index (χ0) is 17.8. The van der Waals surface area contributed by atoms with Crippen molar-refractivity contribution in [1.29, 1.82) is 0 Å². The molecule has 9 heteroatoms. The van der Waals surface area contributed by atoms with Gasteiger partial charge in [0.15, 0.2) is 11.6 Å². The molecule has 1 amide bonds. The van der Waals surface area contributed by atoms with E-state index in [0.29, 0.717) is 27.9 Å². The first-order valence-corrected chi connectivity index (χ1v) is 8.29. The van der Waals surface area contributed by atoms with Crippen LogP contribution < -0.4 is 21.5 Å². The van der Waals surface area contributed by atoms with Gasteiger partial charge in [0, 0.05) is 26.2 Å². The van der Waals surface area contributed by atoms with Crippen LogP contribution in [0.25, 0.3) is 0 Å². The first-order chi connectivity index (χ1) is 12.1. The van der Waals surface area contributed by atoms with Crippen molar-refractivity contribution in [3.63, 3.8) is 0 Å². The van der Waals surface area contributed by atoms with Crippen molar-refractivity contribution >= 4 is 34.8 Å². The molecule has 1 aromatic carbocycles. The van der Waals surface area contributed by atoms with E-state index in [1.165, 1.54) is 6.33 Å². The second-order valence-corrected chi connectivity index (χ2v) is 6.22. The van der Waals surface area contributed by atoms with Gasteiger partial charge in [-0.15, -0.1) is 0 Å². The lowest BCUT2D eigenvalue weighted by atomic mass is 10.2. The molecular formula is C16H20ClN7O. The smallest absolute Gasteiger partial charge is 0.271 e. The minimum Gasteiger partial charge on any atom is -0.393 e. The number of rotatable bonds is 4.